The summed E-state index contributed by atoms with van der Waals surface area (Å²) in [6, 6.07) is 0. The van der Waals surface area contributed by atoms with Crippen LogP contribution in [0.15, 0.2) is 0 Å². The predicted molar refractivity (Wildman–Crippen MR) is 56.4 cm³/mol. The van der Waals surface area contributed by atoms with Gasteiger partial charge in [-0.2, -0.15) is 0 Å². The van der Waals surface area contributed by atoms with Crippen molar-refractivity contribution in [3.8, 4) is 0 Å². The largest absolute Gasteiger partial charge is 0.481 e. The van der Waals surface area contributed by atoms with Gasteiger partial charge in [-0.05, 0) is 18.8 Å². The van der Waals surface area contributed by atoms with Gasteiger partial charge in [0.1, 0.15) is 0 Å². The molecule has 1 fully saturated rings. The molecule has 0 radical (unpaired) electrons. The first-order valence-corrected chi connectivity index (χ1v) is 5.39. The van der Waals surface area contributed by atoms with E-state index in [1.807, 2.05) is 6.92 Å². The van der Waals surface area contributed by atoms with E-state index in [0.29, 0.717) is 13.1 Å². The van der Waals surface area contributed by atoms with E-state index >= 15 is 0 Å². The van der Waals surface area contributed by atoms with E-state index in [1.165, 1.54) is 0 Å². The molecule has 4 nitrogen and oxygen atoms in total. The normalized spacial score (nSPS) is 22.2. The number of carbonyl (C=O) groups is 2. The molecule has 0 heterocycles. The molecule has 1 aliphatic rings. The Morgan fingerprint density at radius 2 is 2.00 bits per heavy atom. The molecule has 86 valence electrons. The predicted octanol–water partition coefficient (Wildman–Crippen LogP) is 1.36. The average molecular weight is 213 g/mol. The van der Waals surface area contributed by atoms with Crippen LogP contribution in [0.2, 0.25) is 0 Å². The Balaban J connectivity index is 2.45. The molecule has 1 atom stereocenters. The van der Waals surface area contributed by atoms with Gasteiger partial charge >= 0.3 is 5.97 Å². The highest BCUT2D eigenvalue weighted by Crippen LogP contribution is 2.52. The maximum atomic E-state index is 11.9. The maximum Gasteiger partial charge on any atom is 0.305 e. The van der Waals surface area contributed by atoms with Crippen LogP contribution in [0.3, 0.4) is 0 Å². The highest BCUT2D eigenvalue weighted by molar-refractivity contribution is 5.82. The second-order valence-electron chi connectivity index (χ2n) is 4.81. The lowest BCUT2D eigenvalue weighted by atomic mass is 10.1. The Kier molecular flexibility index (Phi) is 3.37. The van der Waals surface area contributed by atoms with Gasteiger partial charge in [-0.25, -0.2) is 0 Å². The highest BCUT2D eigenvalue weighted by atomic mass is 16.4. The van der Waals surface area contributed by atoms with Gasteiger partial charge < -0.3 is 10.0 Å². The number of carboxylic acids is 1. The first kappa shape index (κ1) is 12.0. The van der Waals surface area contributed by atoms with Gasteiger partial charge in [0.15, 0.2) is 0 Å². The SMILES string of the molecule is CCN(CCC(=O)O)C(=O)C1CC1(C)C. The Labute approximate surface area is 90.3 Å². The number of amides is 1. The van der Waals surface area contributed by atoms with Gasteiger partial charge in [-0.3, -0.25) is 9.59 Å². The molecule has 1 saturated carbocycles. The number of carboxylic acid groups (broad SMARTS) is 1. The molecule has 1 N–H and O–H groups in total. The summed E-state index contributed by atoms with van der Waals surface area (Å²) >= 11 is 0. The smallest absolute Gasteiger partial charge is 0.305 e. The number of hydrogen-bond acceptors (Lipinski definition) is 2. The summed E-state index contributed by atoms with van der Waals surface area (Å²) in [7, 11) is 0. The summed E-state index contributed by atoms with van der Waals surface area (Å²) in [5.41, 5.74) is 0.119. The van der Waals surface area contributed by atoms with Crippen LogP contribution < -0.4 is 0 Å². The topological polar surface area (TPSA) is 57.6 Å². The van der Waals surface area contributed by atoms with Crippen molar-refractivity contribution in [1.82, 2.24) is 4.90 Å². The lowest BCUT2D eigenvalue weighted by Crippen LogP contribution is -2.34. The van der Waals surface area contributed by atoms with E-state index in [0.717, 1.165) is 6.42 Å². The van der Waals surface area contributed by atoms with Gasteiger partial charge in [0.05, 0.1) is 6.42 Å². The van der Waals surface area contributed by atoms with Gasteiger partial charge in [-0.1, -0.05) is 13.8 Å². The lowest BCUT2D eigenvalue weighted by molar-refractivity contribution is -0.138. The molecule has 0 spiro atoms. The summed E-state index contributed by atoms with van der Waals surface area (Å²) < 4.78 is 0. The molecule has 0 aromatic carbocycles. The van der Waals surface area contributed by atoms with Gasteiger partial charge in [-0.15, -0.1) is 0 Å². The van der Waals surface area contributed by atoms with Crippen LogP contribution in [0, 0.1) is 11.3 Å². The van der Waals surface area contributed by atoms with Crippen molar-refractivity contribution in [1.29, 1.82) is 0 Å². The molecule has 0 aromatic heterocycles. The first-order valence-electron chi connectivity index (χ1n) is 5.39. The van der Waals surface area contributed by atoms with Crippen LogP contribution in [0.25, 0.3) is 0 Å². The van der Waals surface area contributed by atoms with E-state index in [4.69, 9.17) is 5.11 Å². The lowest BCUT2D eigenvalue weighted by Gasteiger charge is -2.20. The zero-order valence-corrected chi connectivity index (χ0v) is 9.62. The van der Waals surface area contributed by atoms with Crippen molar-refractivity contribution in [2.75, 3.05) is 13.1 Å². The summed E-state index contributed by atoms with van der Waals surface area (Å²) in [6.45, 7) is 6.95. The standard InChI is InChI=1S/C11H19NO3/c1-4-12(6-5-9(13)14)10(15)8-7-11(8,2)3/h8H,4-7H2,1-3H3,(H,13,14). The van der Waals surface area contributed by atoms with Crippen LogP contribution in [0.1, 0.15) is 33.6 Å². The number of nitrogens with zero attached hydrogens (tertiary/aromatic N) is 1. The van der Waals surface area contributed by atoms with Gasteiger partial charge in [0.2, 0.25) is 5.91 Å². The van der Waals surface area contributed by atoms with E-state index < -0.39 is 5.97 Å². The molecule has 1 amide bonds. The average Bonchev–Trinajstić information content (AvgIpc) is 2.75. The Morgan fingerprint density at radius 3 is 2.33 bits per heavy atom. The monoisotopic (exact) mass is 213 g/mol. The fraction of sp³-hybridized carbons (Fsp3) is 0.818. The van der Waals surface area contributed by atoms with Crippen LogP contribution in [-0.4, -0.2) is 35.0 Å². The highest BCUT2D eigenvalue weighted by Gasteiger charge is 2.51. The molecule has 0 bridgehead atoms. The third kappa shape index (κ3) is 2.94. The quantitative estimate of drug-likeness (QED) is 0.750. The van der Waals surface area contributed by atoms with Crippen molar-refractivity contribution in [2.45, 2.75) is 33.6 Å². The first-order chi connectivity index (χ1) is 6.88. The number of hydrogen-bond donors (Lipinski definition) is 1. The minimum Gasteiger partial charge on any atom is -0.481 e. The minimum absolute atomic E-state index is 0.0345. The second-order valence-corrected chi connectivity index (χ2v) is 4.81. The summed E-state index contributed by atoms with van der Waals surface area (Å²) in [4.78, 5) is 24.0. The van der Waals surface area contributed by atoms with Crippen LogP contribution >= 0.6 is 0 Å². The molecule has 1 rings (SSSR count). The van der Waals surface area contributed by atoms with Crippen LogP contribution in [-0.2, 0) is 9.59 Å². The zero-order chi connectivity index (χ0) is 11.6. The van der Waals surface area contributed by atoms with Crippen molar-refractivity contribution in [3.05, 3.63) is 0 Å². The minimum atomic E-state index is -0.851. The second kappa shape index (κ2) is 4.21. The zero-order valence-electron chi connectivity index (χ0n) is 9.62. The van der Waals surface area contributed by atoms with Gasteiger partial charge in [0, 0.05) is 19.0 Å². The van der Waals surface area contributed by atoms with Crippen molar-refractivity contribution >= 4 is 11.9 Å². The van der Waals surface area contributed by atoms with E-state index in [2.05, 4.69) is 13.8 Å². The fourth-order valence-electron chi connectivity index (χ4n) is 1.76. The summed E-state index contributed by atoms with van der Waals surface area (Å²) in [6.07, 6.45) is 0.960. The summed E-state index contributed by atoms with van der Waals surface area (Å²) in [5, 5.41) is 8.56. The molecule has 0 aliphatic heterocycles. The molecular weight excluding hydrogens is 194 g/mol. The molecular formula is C11H19NO3. The van der Waals surface area contributed by atoms with Crippen molar-refractivity contribution < 1.29 is 14.7 Å². The Bertz CT molecular complexity index is 273. The molecule has 0 aromatic rings. The maximum absolute atomic E-state index is 11.9. The van der Waals surface area contributed by atoms with E-state index in [1.54, 1.807) is 4.90 Å². The van der Waals surface area contributed by atoms with Crippen LogP contribution in [0.5, 0.6) is 0 Å². The number of aliphatic carboxylic acids is 1. The van der Waals surface area contributed by atoms with Crippen LogP contribution in [0.4, 0.5) is 0 Å². The number of rotatable bonds is 5. The third-order valence-electron chi connectivity index (χ3n) is 3.10. The summed E-state index contributed by atoms with van der Waals surface area (Å²) in [5.74, 6) is -0.633. The van der Waals surface area contributed by atoms with E-state index in [9.17, 15) is 9.59 Å². The third-order valence-corrected chi connectivity index (χ3v) is 3.10. The van der Waals surface area contributed by atoms with Gasteiger partial charge in [0.25, 0.3) is 0 Å². The molecule has 15 heavy (non-hydrogen) atoms. The van der Waals surface area contributed by atoms with Crippen molar-refractivity contribution in [2.24, 2.45) is 11.3 Å². The Hall–Kier alpha value is -1.06. The molecule has 1 aliphatic carbocycles. The Morgan fingerprint density at radius 1 is 1.47 bits per heavy atom. The van der Waals surface area contributed by atoms with E-state index in [-0.39, 0.29) is 23.7 Å². The molecule has 0 saturated heterocycles. The molecule has 1 unspecified atom stereocenters. The number of carbonyl (C=O) groups excluding carboxylic acids is 1. The van der Waals surface area contributed by atoms with Crippen molar-refractivity contribution in [3.63, 3.8) is 0 Å². The molecule has 4 heteroatoms. The fourth-order valence-corrected chi connectivity index (χ4v) is 1.76.